The van der Waals surface area contributed by atoms with Gasteiger partial charge in [0, 0.05) is 19.0 Å². The van der Waals surface area contributed by atoms with Gasteiger partial charge in [0.15, 0.2) is 0 Å². The van der Waals surface area contributed by atoms with Crippen LogP contribution in [-0.2, 0) is 4.79 Å². The zero-order valence-corrected chi connectivity index (χ0v) is 10.4. The third kappa shape index (κ3) is 4.12. The summed E-state index contributed by atoms with van der Waals surface area (Å²) in [7, 11) is 1.91. The van der Waals surface area contributed by atoms with Gasteiger partial charge in [0.05, 0.1) is 0 Å². The van der Waals surface area contributed by atoms with Crippen molar-refractivity contribution in [2.24, 2.45) is 5.41 Å². The lowest BCUT2D eigenvalue weighted by Crippen LogP contribution is -2.38. The fraction of sp³-hybridized carbons (Fsp3) is 0.917. The second-order valence-electron chi connectivity index (χ2n) is 4.67. The van der Waals surface area contributed by atoms with E-state index in [2.05, 4.69) is 13.8 Å². The van der Waals surface area contributed by atoms with Crippen molar-refractivity contribution in [3.63, 3.8) is 0 Å². The summed E-state index contributed by atoms with van der Waals surface area (Å²) in [5.41, 5.74) is -0.193. The summed E-state index contributed by atoms with van der Waals surface area (Å²) in [6.45, 7) is 9.18. The summed E-state index contributed by atoms with van der Waals surface area (Å²) in [5, 5.41) is 0. The Morgan fingerprint density at radius 1 is 1.21 bits per heavy atom. The molecule has 0 aromatic heterocycles. The quantitative estimate of drug-likeness (QED) is 0.602. The number of hydrogen-bond donors (Lipinski definition) is 0. The Morgan fingerprint density at radius 2 is 1.79 bits per heavy atom. The summed E-state index contributed by atoms with van der Waals surface area (Å²) >= 11 is 0. The normalized spacial score (nSPS) is 11.5. The first-order valence-electron chi connectivity index (χ1n) is 5.71. The van der Waals surface area contributed by atoms with Crippen LogP contribution in [0, 0.1) is 5.41 Å². The van der Waals surface area contributed by atoms with Gasteiger partial charge in [-0.15, -0.1) is 0 Å². The molecule has 0 aliphatic rings. The van der Waals surface area contributed by atoms with Crippen molar-refractivity contribution < 1.29 is 4.79 Å². The molecule has 0 unspecified atom stereocenters. The molecule has 0 heterocycles. The Kier molecular flexibility index (Phi) is 5.82. The van der Waals surface area contributed by atoms with E-state index in [9.17, 15) is 4.79 Å². The Labute approximate surface area is 88.7 Å². The van der Waals surface area contributed by atoms with Gasteiger partial charge in [0.1, 0.15) is 0 Å². The third-order valence-corrected chi connectivity index (χ3v) is 2.91. The number of hydrogen-bond acceptors (Lipinski definition) is 1. The van der Waals surface area contributed by atoms with Gasteiger partial charge in [-0.25, -0.2) is 0 Å². The highest BCUT2D eigenvalue weighted by Crippen LogP contribution is 2.22. The lowest BCUT2D eigenvalue weighted by molar-refractivity contribution is -0.139. The second-order valence-corrected chi connectivity index (χ2v) is 4.67. The average Bonchev–Trinajstić information content (AvgIpc) is 2.17. The number of nitrogens with zero attached hydrogens (tertiary/aromatic N) is 1. The maximum absolute atomic E-state index is 11.9. The van der Waals surface area contributed by atoms with Crippen LogP contribution in [0.25, 0.3) is 0 Å². The molecule has 0 aromatic rings. The van der Waals surface area contributed by atoms with Crippen LogP contribution >= 0.6 is 0 Å². The Morgan fingerprint density at radius 3 is 2.21 bits per heavy atom. The summed E-state index contributed by atoms with van der Waals surface area (Å²) in [6, 6.07) is 0. The summed E-state index contributed by atoms with van der Waals surface area (Å²) in [4.78, 5) is 13.8. The van der Waals surface area contributed by atoms with E-state index in [-0.39, 0.29) is 11.3 Å². The zero-order chi connectivity index (χ0) is 11.2. The molecule has 0 aliphatic carbocycles. The fourth-order valence-electron chi connectivity index (χ4n) is 1.37. The smallest absolute Gasteiger partial charge is 0.227 e. The van der Waals surface area contributed by atoms with Crippen molar-refractivity contribution in [1.82, 2.24) is 4.90 Å². The molecule has 0 bridgehead atoms. The van der Waals surface area contributed by atoms with Crippen LogP contribution in [-0.4, -0.2) is 24.4 Å². The molecule has 0 N–H and O–H groups in total. The molecule has 0 aliphatic heterocycles. The Balaban J connectivity index is 3.99. The Hall–Kier alpha value is -0.530. The fourth-order valence-corrected chi connectivity index (χ4v) is 1.37. The highest BCUT2D eigenvalue weighted by molar-refractivity contribution is 5.81. The van der Waals surface area contributed by atoms with Crippen LogP contribution in [0.4, 0.5) is 0 Å². The van der Waals surface area contributed by atoms with E-state index in [1.165, 1.54) is 12.8 Å². The second kappa shape index (κ2) is 6.05. The molecule has 0 saturated carbocycles. The van der Waals surface area contributed by atoms with Crippen LogP contribution in [0.1, 0.15) is 53.4 Å². The molecule has 0 rings (SSSR count). The summed E-state index contributed by atoms with van der Waals surface area (Å²) in [5.74, 6) is 0.274. The van der Waals surface area contributed by atoms with E-state index in [4.69, 9.17) is 0 Å². The van der Waals surface area contributed by atoms with E-state index >= 15 is 0 Å². The summed E-state index contributed by atoms with van der Waals surface area (Å²) in [6.07, 6.45) is 4.45. The van der Waals surface area contributed by atoms with Crippen molar-refractivity contribution in [2.75, 3.05) is 13.6 Å². The Bertz CT molecular complexity index is 175. The first kappa shape index (κ1) is 13.5. The van der Waals surface area contributed by atoms with Crippen LogP contribution < -0.4 is 0 Å². The van der Waals surface area contributed by atoms with E-state index in [1.807, 2.05) is 25.8 Å². The standard InChI is InChI=1S/C12H25NO/c1-6-8-9-10-13(5)11(14)12(3,4)7-2/h6-10H2,1-5H3. The molecule has 0 atom stereocenters. The maximum atomic E-state index is 11.9. The third-order valence-electron chi connectivity index (χ3n) is 2.91. The number of unbranched alkanes of at least 4 members (excludes halogenated alkanes) is 2. The zero-order valence-electron chi connectivity index (χ0n) is 10.4. The largest absolute Gasteiger partial charge is 0.345 e. The highest BCUT2D eigenvalue weighted by atomic mass is 16.2. The number of carbonyl (C=O) groups is 1. The monoisotopic (exact) mass is 199 g/mol. The van der Waals surface area contributed by atoms with Crippen molar-refractivity contribution in [1.29, 1.82) is 0 Å². The van der Waals surface area contributed by atoms with Crippen molar-refractivity contribution in [3.8, 4) is 0 Å². The maximum Gasteiger partial charge on any atom is 0.227 e. The van der Waals surface area contributed by atoms with Crippen molar-refractivity contribution >= 4 is 5.91 Å². The molecule has 2 heteroatoms. The average molecular weight is 199 g/mol. The molecule has 2 nitrogen and oxygen atoms in total. The minimum absolute atomic E-state index is 0.193. The predicted octanol–water partition coefficient (Wildman–Crippen LogP) is 3.07. The van der Waals surface area contributed by atoms with Crippen LogP contribution in [0.5, 0.6) is 0 Å². The molecular formula is C12H25NO. The topological polar surface area (TPSA) is 20.3 Å². The molecule has 0 fully saturated rings. The predicted molar refractivity (Wildman–Crippen MR) is 61.2 cm³/mol. The molecular weight excluding hydrogens is 174 g/mol. The van der Waals surface area contributed by atoms with E-state index in [0.29, 0.717) is 0 Å². The van der Waals surface area contributed by atoms with Gasteiger partial charge in [0.25, 0.3) is 0 Å². The van der Waals surface area contributed by atoms with Gasteiger partial charge < -0.3 is 4.90 Å². The van der Waals surface area contributed by atoms with Crippen LogP contribution in [0.3, 0.4) is 0 Å². The van der Waals surface area contributed by atoms with Crippen molar-refractivity contribution in [2.45, 2.75) is 53.4 Å². The SMILES string of the molecule is CCCCCN(C)C(=O)C(C)(C)CC. The van der Waals surface area contributed by atoms with Gasteiger partial charge in [-0.3, -0.25) is 4.79 Å². The highest BCUT2D eigenvalue weighted by Gasteiger charge is 2.27. The first-order valence-corrected chi connectivity index (χ1v) is 5.71. The van der Waals surface area contributed by atoms with Gasteiger partial charge in [-0.05, 0) is 12.8 Å². The van der Waals surface area contributed by atoms with Gasteiger partial charge in [-0.2, -0.15) is 0 Å². The number of rotatable bonds is 6. The summed E-state index contributed by atoms with van der Waals surface area (Å²) < 4.78 is 0. The molecule has 14 heavy (non-hydrogen) atoms. The molecule has 0 spiro atoms. The molecule has 0 radical (unpaired) electrons. The van der Waals surface area contributed by atoms with Gasteiger partial charge >= 0.3 is 0 Å². The lowest BCUT2D eigenvalue weighted by atomic mass is 9.88. The van der Waals surface area contributed by atoms with E-state index in [1.54, 1.807) is 0 Å². The number of carbonyl (C=O) groups excluding carboxylic acids is 1. The molecule has 84 valence electrons. The van der Waals surface area contributed by atoms with E-state index < -0.39 is 0 Å². The van der Waals surface area contributed by atoms with Gasteiger partial charge in [0.2, 0.25) is 5.91 Å². The van der Waals surface area contributed by atoms with Gasteiger partial charge in [-0.1, -0.05) is 40.5 Å². The minimum atomic E-state index is -0.193. The first-order chi connectivity index (χ1) is 6.45. The van der Waals surface area contributed by atoms with Crippen LogP contribution in [0.2, 0.25) is 0 Å². The molecule has 1 amide bonds. The molecule has 0 saturated heterocycles. The van der Waals surface area contributed by atoms with Crippen molar-refractivity contribution in [3.05, 3.63) is 0 Å². The molecule has 0 aromatic carbocycles. The number of amides is 1. The van der Waals surface area contributed by atoms with E-state index in [0.717, 1.165) is 19.4 Å². The minimum Gasteiger partial charge on any atom is -0.345 e. The lowest BCUT2D eigenvalue weighted by Gasteiger charge is -2.28. The van der Waals surface area contributed by atoms with Crippen LogP contribution in [0.15, 0.2) is 0 Å².